The van der Waals surface area contributed by atoms with Gasteiger partial charge in [-0.2, -0.15) is 0 Å². The fourth-order valence-corrected chi connectivity index (χ4v) is 3.88. The molecule has 2 N–H and O–H groups in total. The molecule has 142 valence electrons. The zero-order valence-electron chi connectivity index (χ0n) is 14.9. The first kappa shape index (κ1) is 21.2. The summed E-state index contributed by atoms with van der Waals surface area (Å²) in [4.78, 5) is 10.5. The second-order valence-corrected chi connectivity index (χ2v) is 7.75. The van der Waals surface area contributed by atoms with Crippen molar-refractivity contribution in [2.75, 3.05) is 13.3 Å². The Morgan fingerprint density at radius 1 is 1.31 bits per heavy atom. The number of ether oxygens (including phenoxy) is 2. The number of aliphatic imine (C=N–C) groups is 1. The maximum atomic E-state index is 5.45. The molecule has 9 heteroatoms. The minimum atomic E-state index is 0. The molecule has 0 aliphatic carbocycles. The van der Waals surface area contributed by atoms with Gasteiger partial charge in [-0.25, -0.2) is 9.98 Å². The number of hydrogen-bond acceptors (Lipinski definition) is 5. The molecule has 0 spiro atoms. The van der Waals surface area contributed by atoms with Gasteiger partial charge in [0.2, 0.25) is 6.79 Å². The summed E-state index contributed by atoms with van der Waals surface area (Å²) in [5.74, 6) is 2.28. The van der Waals surface area contributed by atoms with Crippen LogP contribution in [0.15, 0.2) is 21.6 Å². The maximum Gasteiger partial charge on any atom is 0.231 e. The molecule has 0 amide bonds. The van der Waals surface area contributed by atoms with Crippen molar-refractivity contribution in [2.24, 2.45) is 4.99 Å². The van der Waals surface area contributed by atoms with E-state index in [0.717, 1.165) is 44.7 Å². The van der Waals surface area contributed by atoms with Crippen LogP contribution in [0.3, 0.4) is 0 Å². The molecule has 0 saturated heterocycles. The number of aryl methyl sites for hydroxylation is 2. The first-order valence-corrected chi connectivity index (χ1v) is 9.71. The van der Waals surface area contributed by atoms with Crippen molar-refractivity contribution < 1.29 is 9.47 Å². The van der Waals surface area contributed by atoms with Crippen molar-refractivity contribution in [2.45, 2.75) is 33.9 Å². The standard InChI is InChI=1S/C17H21BrN4O2S.HI/c1-4-19-17(21-8-15-22-10(2)11(3)25-15)20-7-12-5-13(18)16-14(6-12)23-9-24-16;/h5-6H,4,7-9H2,1-3H3,(H2,19,20,21);1H. The van der Waals surface area contributed by atoms with Crippen molar-refractivity contribution in [1.82, 2.24) is 15.6 Å². The molecule has 2 heterocycles. The average molecular weight is 553 g/mol. The van der Waals surface area contributed by atoms with E-state index in [1.54, 1.807) is 11.3 Å². The van der Waals surface area contributed by atoms with E-state index in [9.17, 15) is 0 Å². The van der Waals surface area contributed by atoms with Crippen LogP contribution >= 0.6 is 51.2 Å². The fourth-order valence-electron chi connectivity index (χ4n) is 2.40. The second kappa shape index (κ2) is 9.75. The summed E-state index contributed by atoms with van der Waals surface area (Å²) < 4.78 is 11.8. The lowest BCUT2D eigenvalue weighted by Crippen LogP contribution is -2.36. The van der Waals surface area contributed by atoms with Gasteiger partial charge < -0.3 is 20.1 Å². The molecule has 6 nitrogen and oxygen atoms in total. The van der Waals surface area contributed by atoms with E-state index >= 15 is 0 Å². The van der Waals surface area contributed by atoms with Gasteiger partial charge in [0.15, 0.2) is 17.5 Å². The minimum Gasteiger partial charge on any atom is -0.454 e. The third-order valence-corrected chi connectivity index (χ3v) is 5.39. The Morgan fingerprint density at radius 2 is 2.12 bits per heavy atom. The number of guanidine groups is 1. The highest BCUT2D eigenvalue weighted by atomic mass is 127. The monoisotopic (exact) mass is 552 g/mol. The Labute approximate surface area is 182 Å². The summed E-state index contributed by atoms with van der Waals surface area (Å²) in [6.07, 6.45) is 0. The van der Waals surface area contributed by atoms with Crippen LogP contribution in [0.4, 0.5) is 0 Å². The molecule has 0 unspecified atom stereocenters. The lowest BCUT2D eigenvalue weighted by atomic mass is 10.2. The number of hydrogen-bond donors (Lipinski definition) is 2. The van der Waals surface area contributed by atoms with Crippen LogP contribution in [0, 0.1) is 13.8 Å². The minimum absolute atomic E-state index is 0. The largest absolute Gasteiger partial charge is 0.454 e. The van der Waals surface area contributed by atoms with Gasteiger partial charge in [-0.1, -0.05) is 0 Å². The van der Waals surface area contributed by atoms with E-state index in [0.29, 0.717) is 13.1 Å². The third kappa shape index (κ3) is 5.23. The van der Waals surface area contributed by atoms with Crippen LogP contribution in [-0.2, 0) is 13.1 Å². The molecule has 0 radical (unpaired) electrons. The van der Waals surface area contributed by atoms with Gasteiger partial charge in [0.1, 0.15) is 5.01 Å². The van der Waals surface area contributed by atoms with Crippen molar-refractivity contribution in [1.29, 1.82) is 0 Å². The SMILES string of the molecule is CCNC(=NCc1cc(Br)c2c(c1)OCO2)NCc1nc(C)c(C)s1.I. The fraction of sp³-hybridized carbons (Fsp3) is 0.412. The number of fused-ring (bicyclic) bond motifs is 1. The highest BCUT2D eigenvalue weighted by Gasteiger charge is 2.17. The van der Waals surface area contributed by atoms with E-state index < -0.39 is 0 Å². The number of thiazole rings is 1. The van der Waals surface area contributed by atoms with Gasteiger partial charge in [0.05, 0.1) is 23.3 Å². The summed E-state index contributed by atoms with van der Waals surface area (Å²) in [6, 6.07) is 3.97. The van der Waals surface area contributed by atoms with Gasteiger partial charge in [-0.15, -0.1) is 35.3 Å². The lowest BCUT2D eigenvalue weighted by molar-refractivity contribution is 0.173. The van der Waals surface area contributed by atoms with Crippen LogP contribution in [0.2, 0.25) is 0 Å². The summed E-state index contributed by atoms with van der Waals surface area (Å²) in [7, 11) is 0. The quantitative estimate of drug-likeness (QED) is 0.332. The Bertz CT molecular complexity index is 778. The normalized spacial score (nSPS) is 12.7. The van der Waals surface area contributed by atoms with E-state index in [4.69, 9.17) is 9.47 Å². The van der Waals surface area contributed by atoms with Gasteiger partial charge in [0.25, 0.3) is 0 Å². The van der Waals surface area contributed by atoms with Gasteiger partial charge in [-0.3, -0.25) is 0 Å². The number of halogens is 2. The molecule has 1 aromatic carbocycles. The second-order valence-electron chi connectivity index (χ2n) is 5.61. The maximum absolute atomic E-state index is 5.45. The average Bonchev–Trinajstić information content (AvgIpc) is 3.17. The number of aromatic nitrogens is 1. The molecule has 26 heavy (non-hydrogen) atoms. The van der Waals surface area contributed by atoms with Crippen molar-refractivity contribution in [3.8, 4) is 11.5 Å². The van der Waals surface area contributed by atoms with Crippen LogP contribution in [0.25, 0.3) is 0 Å². The molecule has 0 fully saturated rings. The van der Waals surface area contributed by atoms with Crippen LogP contribution in [-0.4, -0.2) is 24.3 Å². The van der Waals surface area contributed by atoms with Crippen molar-refractivity contribution in [3.63, 3.8) is 0 Å². The molecule has 3 rings (SSSR count). The van der Waals surface area contributed by atoms with Crippen LogP contribution in [0.5, 0.6) is 11.5 Å². The predicted molar refractivity (Wildman–Crippen MR) is 119 cm³/mol. The van der Waals surface area contributed by atoms with Crippen molar-refractivity contribution >= 4 is 57.2 Å². The number of rotatable bonds is 5. The predicted octanol–water partition coefficient (Wildman–Crippen LogP) is 4.12. The zero-order chi connectivity index (χ0) is 17.8. The molecular formula is C17H22BrIN4O2S. The number of nitrogens with zero attached hydrogens (tertiary/aromatic N) is 2. The highest BCUT2D eigenvalue weighted by Crippen LogP contribution is 2.40. The summed E-state index contributed by atoms with van der Waals surface area (Å²) in [5.41, 5.74) is 2.14. The Morgan fingerprint density at radius 3 is 2.81 bits per heavy atom. The molecule has 1 aromatic heterocycles. The molecule has 1 aliphatic rings. The Kier molecular flexibility index (Phi) is 7.96. The molecule has 0 atom stereocenters. The van der Waals surface area contributed by atoms with E-state index in [-0.39, 0.29) is 30.8 Å². The first-order chi connectivity index (χ1) is 12.1. The van der Waals surface area contributed by atoms with E-state index in [2.05, 4.69) is 43.5 Å². The molecule has 1 aliphatic heterocycles. The van der Waals surface area contributed by atoms with Crippen molar-refractivity contribution in [3.05, 3.63) is 37.7 Å². The zero-order valence-corrected chi connectivity index (χ0v) is 19.6. The first-order valence-electron chi connectivity index (χ1n) is 8.10. The summed E-state index contributed by atoms with van der Waals surface area (Å²) in [5, 5.41) is 7.65. The van der Waals surface area contributed by atoms with E-state index in [1.807, 2.05) is 26.0 Å². The summed E-state index contributed by atoms with van der Waals surface area (Å²) >= 11 is 5.23. The lowest BCUT2D eigenvalue weighted by Gasteiger charge is -2.10. The topological polar surface area (TPSA) is 67.8 Å². The molecule has 2 aromatic rings. The number of nitrogens with one attached hydrogen (secondary N) is 2. The Hall–Kier alpha value is -1.07. The highest BCUT2D eigenvalue weighted by molar-refractivity contribution is 14.0. The molecule has 0 saturated carbocycles. The van der Waals surface area contributed by atoms with E-state index in [1.165, 1.54) is 4.88 Å². The Balaban J connectivity index is 0.00000243. The van der Waals surface area contributed by atoms with Gasteiger partial charge in [0, 0.05) is 11.4 Å². The molecule has 0 bridgehead atoms. The smallest absolute Gasteiger partial charge is 0.231 e. The van der Waals surface area contributed by atoms with Crippen LogP contribution < -0.4 is 20.1 Å². The van der Waals surface area contributed by atoms with Gasteiger partial charge >= 0.3 is 0 Å². The summed E-state index contributed by atoms with van der Waals surface area (Å²) in [6.45, 7) is 8.44. The molecular weight excluding hydrogens is 531 g/mol. The number of benzene rings is 1. The van der Waals surface area contributed by atoms with Gasteiger partial charge in [-0.05, 0) is 54.4 Å². The third-order valence-electron chi connectivity index (χ3n) is 3.73. The van der Waals surface area contributed by atoms with Crippen LogP contribution in [0.1, 0.15) is 28.1 Å².